The Bertz CT molecular complexity index is 1000. The van der Waals surface area contributed by atoms with Crippen LogP contribution in [-0.2, 0) is 0 Å². The van der Waals surface area contributed by atoms with Crippen LogP contribution in [0.2, 0.25) is 0 Å². The summed E-state index contributed by atoms with van der Waals surface area (Å²) in [6.07, 6.45) is 6.46. The van der Waals surface area contributed by atoms with Gasteiger partial charge in [0.05, 0.1) is 14.2 Å². The fourth-order valence-electron chi connectivity index (χ4n) is 3.39. The number of fused-ring (bicyclic) bond motifs is 1. The van der Waals surface area contributed by atoms with Gasteiger partial charge in [0.1, 0.15) is 17.2 Å². The summed E-state index contributed by atoms with van der Waals surface area (Å²) in [5.74, 6) is 2.38. The van der Waals surface area contributed by atoms with Gasteiger partial charge in [0.15, 0.2) is 11.5 Å². The summed E-state index contributed by atoms with van der Waals surface area (Å²) in [6, 6.07) is 10.1. The third-order valence-electron chi connectivity index (χ3n) is 4.95. The van der Waals surface area contributed by atoms with Crippen LogP contribution in [0.5, 0.6) is 11.5 Å². The van der Waals surface area contributed by atoms with Gasteiger partial charge in [-0.1, -0.05) is 11.3 Å². The summed E-state index contributed by atoms with van der Waals surface area (Å²) in [6.45, 7) is 8.89. The van der Waals surface area contributed by atoms with Gasteiger partial charge in [0.25, 0.3) is 13.1 Å². The number of benzene rings is 1. The van der Waals surface area contributed by atoms with Gasteiger partial charge in [-0.2, -0.15) is 0 Å². The summed E-state index contributed by atoms with van der Waals surface area (Å²) in [5.41, 5.74) is 3.98. The number of methoxy groups -OCH3 is 2. The minimum absolute atomic E-state index is 0.689. The first-order chi connectivity index (χ1) is 14.2. The van der Waals surface area contributed by atoms with E-state index in [4.69, 9.17) is 21.0 Å². The first-order valence-electron chi connectivity index (χ1n) is 9.99. The van der Waals surface area contributed by atoms with E-state index in [1.54, 1.807) is 14.2 Å². The van der Waals surface area contributed by atoms with Crippen molar-refractivity contribution in [1.29, 1.82) is 0 Å². The van der Waals surface area contributed by atoms with Gasteiger partial charge in [-0.05, 0) is 55.7 Å². The van der Waals surface area contributed by atoms with Crippen LogP contribution in [0.4, 0.5) is 5.82 Å². The minimum atomic E-state index is 0.689. The number of nitrogens with zero attached hydrogens (tertiary/aromatic N) is 3. The molecule has 0 atom stereocenters. The molecule has 0 saturated heterocycles. The lowest BCUT2D eigenvalue weighted by Crippen LogP contribution is -2.05. The predicted octanol–water partition coefficient (Wildman–Crippen LogP) is 5.26. The maximum absolute atomic E-state index is 5.48. The van der Waals surface area contributed by atoms with Crippen molar-refractivity contribution >= 4 is 11.5 Å². The minimum Gasteiger partial charge on any atom is -0.493 e. The van der Waals surface area contributed by atoms with Crippen LogP contribution in [0.3, 0.4) is 0 Å². The van der Waals surface area contributed by atoms with E-state index in [0.717, 1.165) is 61.5 Å². The Morgan fingerprint density at radius 2 is 1.83 bits per heavy atom. The predicted molar refractivity (Wildman–Crippen MR) is 119 cm³/mol. The topological polar surface area (TPSA) is 52.2 Å². The molecule has 0 fully saturated rings. The van der Waals surface area contributed by atoms with E-state index in [0.29, 0.717) is 11.5 Å². The lowest BCUT2D eigenvalue weighted by atomic mass is 10.1. The number of hydrogen-bond acceptors (Lipinski definition) is 4. The van der Waals surface area contributed by atoms with Gasteiger partial charge in [-0.15, -0.1) is 0 Å². The molecule has 29 heavy (non-hydrogen) atoms. The van der Waals surface area contributed by atoms with Crippen LogP contribution in [0, 0.1) is 13.5 Å². The Kier molecular flexibility index (Phi) is 6.96. The highest BCUT2D eigenvalue weighted by molar-refractivity contribution is 5.78. The van der Waals surface area contributed by atoms with Crippen LogP contribution in [-0.4, -0.2) is 36.7 Å². The summed E-state index contributed by atoms with van der Waals surface area (Å²) in [7, 11) is 3.28. The highest BCUT2D eigenvalue weighted by atomic mass is 16.5. The average Bonchev–Trinajstić information content (AvgIpc) is 3.10. The van der Waals surface area contributed by atoms with E-state index in [1.807, 2.05) is 18.2 Å². The molecule has 2 aromatic heterocycles. The number of hydrogen-bond donors (Lipinski definition) is 1. The Balaban J connectivity index is 1.86. The highest BCUT2D eigenvalue weighted by Gasteiger charge is 2.16. The first kappa shape index (κ1) is 20.5. The number of rotatable bonds is 10. The monoisotopic (exact) mass is 393 g/mol. The van der Waals surface area contributed by atoms with Crippen molar-refractivity contribution in [3.05, 3.63) is 46.9 Å². The molecular weight excluding hydrogens is 364 g/mol. The van der Waals surface area contributed by atoms with Gasteiger partial charge in [0.2, 0.25) is 0 Å². The zero-order chi connectivity index (χ0) is 20.6. The second-order valence-corrected chi connectivity index (χ2v) is 7.06. The number of unbranched alkanes of at least 4 members (excludes halogenated alkanes) is 3. The molecule has 6 heteroatoms. The maximum atomic E-state index is 5.48. The Morgan fingerprint density at radius 3 is 2.59 bits per heavy atom. The number of anilines is 1. The van der Waals surface area contributed by atoms with Gasteiger partial charge in [0, 0.05) is 24.7 Å². The van der Waals surface area contributed by atoms with Crippen LogP contribution in [0.1, 0.15) is 31.2 Å². The molecule has 0 aliphatic rings. The molecule has 0 aliphatic carbocycles. The SMILES string of the molecule is C#[N+]CCCCCCNc1c(-c2ccc(OC)c(OC)c2)nc2cc(C)ccn12. The van der Waals surface area contributed by atoms with Crippen molar-refractivity contribution < 1.29 is 9.47 Å². The number of imidazole rings is 1. The fourth-order valence-corrected chi connectivity index (χ4v) is 3.39. The lowest BCUT2D eigenvalue weighted by Gasteiger charge is -2.11. The highest BCUT2D eigenvalue weighted by Crippen LogP contribution is 2.35. The Hall–Kier alpha value is -3.20. The number of aryl methyl sites for hydroxylation is 1. The third-order valence-corrected chi connectivity index (χ3v) is 4.95. The van der Waals surface area contributed by atoms with Crippen molar-refractivity contribution in [1.82, 2.24) is 9.38 Å². The molecule has 1 N–H and O–H groups in total. The summed E-state index contributed by atoms with van der Waals surface area (Å²) < 4.78 is 13.0. The van der Waals surface area contributed by atoms with Gasteiger partial charge < -0.3 is 14.8 Å². The van der Waals surface area contributed by atoms with E-state index in [-0.39, 0.29) is 0 Å². The van der Waals surface area contributed by atoms with E-state index in [9.17, 15) is 0 Å². The van der Waals surface area contributed by atoms with E-state index < -0.39 is 0 Å². The van der Waals surface area contributed by atoms with Gasteiger partial charge in [-0.3, -0.25) is 4.40 Å². The zero-order valence-corrected chi connectivity index (χ0v) is 17.4. The molecule has 2 heterocycles. The van der Waals surface area contributed by atoms with E-state index in [1.165, 1.54) is 5.56 Å². The quantitative estimate of drug-likeness (QED) is 0.477. The molecule has 3 rings (SSSR count). The smallest absolute Gasteiger partial charge is 0.263 e. The number of ether oxygens (including phenoxy) is 2. The lowest BCUT2D eigenvalue weighted by molar-refractivity contribution is 0.355. The second-order valence-electron chi connectivity index (χ2n) is 7.06. The molecule has 0 saturated carbocycles. The Labute approximate surface area is 172 Å². The van der Waals surface area contributed by atoms with Crippen LogP contribution < -0.4 is 14.8 Å². The molecule has 1 aromatic carbocycles. The van der Waals surface area contributed by atoms with E-state index in [2.05, 4.69) is 39.8 Å². The van der Waals surface area contributed by atoms with Gasteiger partial charge in [-0.25, -0.2) is 4.98 Å². The standard InChI is InChI=1S/C23H29N4O2/c1-17-11-14-27-21(15-17)26-22(18-9-10-19(28-3)20(16-18)29-4)23(27)25-13-8-6-5-7-12-24-2/h2,9-11,14-16,25H,5-8,12-13H2,1,3-4H3/q+1. The van der Waals surface area contributed by atoms with Crippen molar-refractivity contribution in [2.24, 2.45) is 0 Å². The molecule has 0 unspecified atom stereocenters. The molecule has 0 aliphatic heterocycles. The molecule has 6 nitrogen and oxygen atoms in total. The third kappa shape index (κ3) is 4.80. The zero-order valence-electron chi connectivity index (χ0n) is 17.4. The summed E-state index contributed by atoms with van der Waals surface area (Å²) in [5, 5.41) is 3.59. The molecule has 152 valence electrons. The average molecular weight is 394 g/mol. The number of aromatic nitrogens is 2. The second kappa shape index (κ2) is 9.83. The molecule has 0 bridgehead atoms. The molecule has 0 radical (unpaired) electrons. The van der Waals surface area contributed by atoms with E-state index >= 15 is 0 Å². The Morgan fingerprint density at radius 1 is 1.03 bits per heavy atom. The maximum Gasteiger partial charge on any atom is 0.263 e. The van der Waals surface area contributed by atoms with Crippen molar-refractivity contribution in [2.45, 2.75) is 32.6 Å². The number of pyridine rings is 1. The molecule has 3 aromatic rings. The van der Waals surface area contributed by atoms with Gasteiger partial charge >= 0.3 is 0 Å². The fraction of sp³-hybridized carbons (Fsp3) is 0.391. The molecule has 0 amide bonds. The first-order valence-corrected chi connectivity index (χ1v) is 9.99. The number of nitrogens with one attached hydrogen (secondary N) is 1. The van der Waals surface area contributed by atoms with Crippen LogP contribution in [0.15, 0.2) is 36.5 Å². The normalized spacial score (nSPS) is 10.7. The largest absolute Gasteiger partial charge is 0.493 e. The summed E-state index contributed by atoms with van der Waals surface area (Å²) in [4.78, 5) is 8.55. The van der Waals surface area contributed by atoms with Crippen molar-refractivity contribution in [3.63, 3.8) is 0 Å². The van der Waals surface area contributed by atoms with Crippen LogP contribution >= 0.6 is 0 Å². The van der Waals surface area contributed by atoms with Crippen LogP contribution in [0.25, 0.3) is 21.7 Å². The van der Waals surface area contributed by atoms with Crippen molar-refractivity contribution in [2.75, 3.05) is 32.6 Å². The molecule has 0 spiro atoms. The van der Waals surface area contributed by atoms with Crippen molar-refractivity contribution in [3.8, 4) is 29.3 Å². The summed E-state index contributed by atoms with van der Waals surface area (Å²) >= 11 is 0. The molecular formula is C23H29N4O2+.